The second kappa shape index (κ2) is 10.1. The van der Waals surface area contributed by atoms with Crippen LogP contribution in [0.15, 0.2) is 18.2 Å². The summed E-state index contributed by atoms with van der Waals surface area (Å²) in [7, 11) is 0. The van der Waals surface area contributed by atoms with E-state index in [0.717, 1.165) is 87.6 Å². The molecular weight excluding hydrogens is 362 g/mol. The average molecular weight is 400 g/mol. The van der Waals surface area contributed by atoms with Crippen molar-refractivity contribution in [1.82, 2.24) is 4.90 Å². The molecule has 2 heterocycles. The van der Waals surface area contributed by atoms with E-state index in [-0.39, 0.29) is 11.8 Å². The van der Waals surface area contributed by atoms with Crippen LogP contribution in [0, 0.1) is 11.8 Å². The van der Waals surface area contributed by atoms with Gasteiger partial charge in [0.15, 0.2) is 0 Å². The summed E-state index contributed by atoms with van der Waals surface area (Å²) in [6, 6.07) is 5.88. The molecule has 1 aromatic carbocycles. The first kappa shape index (κ1) is 21.7. The number of likely N-dealkylation sites (tertiary alicyclic amines) is 1. The number of hydrogen-bond donors (Lipinski definition) is 1. The minimum Gasteiger partial charge on any atom is -0.371 e. The molecule has 0 bridgehead atoms. The summed E-state index contributed by atoms with van der Waals surface area (Å²) in [4.78, 5) is 30.0. The summed E-state index contributed by atoms with van der Waals surface area (Å²) in [6.45, 7) is 10.3. The van der Waals surface area contributed by atoms with Crippen molar-refractivity contribution in [1.29, 1.82) is 0 Å². The lowest BCUT2D eigenvalue weighted by atomic mass is 9.96. The summed E-state index contributed by atoms with van der Waals surface area (Å²) in [5, 5.41) is 2.99. The highest BCUT2D eigenvalue weighted by Crippen LogP contribution is 2.30. The smallest absolute Gasteiger partial charge is 0.256 e. The van der Waals surface area contributed by atoms with E-state index in [0.29, 0.717) is 12.3 Å². The normalized spacial score (nSPS) is 18.7. The molecule has 3 rings (SSSR count). The number of hydrogen-bond acceptors (Lipinski definition) is 3. The highest BCUT2D eigenvalue weighted by atomic mass is 16.2. The first-order valence-electron chi connectivity index (χ1n) is 11.5. The van der Waals surface area contributed by atoms with Crippen molar-refractivity contribution in [2.45, 2.75) is 65.7 Å². The molecule has 2 amide bonds. The Morgan fingerprint density at radius 3 is 2.24 bits per heavy atom. The Bertz CT molecular complexity index is 702. The standard InChI is InChI=1S/C24H37N3O2/c1-4-5-6-23(28)25-20-7-8-22(26-13-9-18(2)10-14-26)21(17-20)24(29)27-15-11-19(3)12-16-27/h7-8,17-19H,4-6,9-16H2,1-3H3,(H,25,28). The van der Waals surface area contributed by atoms with Crippen molar-refractivity contribution in [3.05, 3.63) is 23.8 Å². The van der Waals surface area contributed by atoms with Gasteiger partial charge in [0, 0.05) is 44.0 Å². The molecule has 0 aromatic heterocycles. The fraction of sp³-hybridized carbons (Fsp3) is 0.667. The van der Waals surface area contributed by atoms with E-state index in [9.17, 15) is 9.59 Å². The van der Waals surface area contributed by atoms with Gasteiger partial charge in [-0.3, -0.25) is 9.59 Å². The number of nitrogens with one attached hydrogen (secondary N) is 1. The van der Waals surface area contributed by atoms with E-state index in [2.05, 4.69) is 31.0 Å². The molecule has 29 heavy (non-hydrogen) atoms. The van der Waals surface area contributed by atoms with E-state index in [1.165, 1.54) is 0 Å². The van der Waals surface area contributed by atoms with E-state index in [4.69, 9.17) is 0 Å². The molecule has 5 nitrogen and oxygen atoms in total. The highest BCUT2D eigenvalue weighted by molar-refractivity contribution is 6.02. The van der Waals surface area contributed by atoms with Gasteiger partial charge in [-0.15, -0.1) is 0 Å². The molecule has 2 aliphatic heterocycles. The molecular formula is C24H37N3O2. The summed E-state index contributed by atoms with van der Waals surface area (Å²) in [5.41, 5.74) is 2.49. The Morgan fingerprint density at radius 2 is 1.62 bits per heavy atom. The predicted molar refractivity (Wildman–Crippen MR) is 120 cm³/mol. The van der Waals surface area contributed by atoms with Gasteiger partial charge in [0.05, 0.1) is 5.56 Å². The minimum absolute atomic E-state index is 0.0246. The topological polar surface area (TPSA) is 52.7 Å². The summed E-state index contributed by atoms with van der Waals surface area (Å²) in [5.74, 6) is 1.56. The third-order valence-electron chi connectivity index (χ3n) is 6.46. The van der Waals surface area contributed by atoms with E-state index >= 15 is 0 Å². The van der Waals surface area contributed by atoms with Gasteiger partial charge in [-0.2, -0.15) is 0 Å². The number of amides is 2. The monoisotopic (exact) mass is 399 g/mol. The third kappa shape index (κ3) is 5.74. The molecule has 0 unspecified atom stereocenters. The van der Waals surface area contributed by atoms with Crippen molar-refractivity contribution >= 4 is 23.2 Å². The zero-order chi connectivity index (χ0) is 20.8. The van der Waals surface area contributed by atoms with Crippen molar-refractivity contribution in [2.75, 3.05) is 36.4 Å². The van der Waals surface area contributed by atoms with Crippen LogP contribution >= 0.6 is 0 Å². The molecule has 1 N–H and O–H groups in total. The van der Waals surface area contributed by atoms with Crippen LogP contribution in [-0.4, -0.2) is 42.9 Å². The lowest BCUT2D eigenvalue weighted by molar-refractivity contribution is -0.116. The summed E-state index contributed by atoms with van der Waals surface area (Å²) >= 11 is 0. The maximum atomic E-state index is 13.4. The molecule has 2 fully saturated rings. The molecule has 1 aromatic rings. The van der Waals surface area contributed by atoms with Crippen LogP contribution in [0.4, 0.5) is 11.4 Å². The van der Waals surface area contributed by atoms with Crippen LogP contribution in [0.2, 0.25) is 0 Å². The minimum atomic E-state index is 0.0246. The Hall–Kier alpha value is -2.04. The number of carbonyl (C=O) groups excluding carboxylic acids is 2. The Kier molecular flexibility index (Phi) is 7.57. The number of nitrogens with zero attached hydrogens (tertiary/aromatic N) is 2. The van der Waals surface area contributed by atoms with Crippen LogP contribution in [0.25, 0.3) is 0 Å². The largest absolute Gasteiger partial charge is 0.371 e. The number of benzene rings is 1. The van der Waals surface area contributed by atoms with Gasteiger partial charge in [-0.25, -0.2) is 0 Å². The molecule has 2 aliphatic rings. The third-order valence-corrected chi connectivity index (χ3v) is 6.46. The van der Waals surface area contributed by atoms with Gasteiger partial charge in [0.1, 0.15) is 0 Å². The summed E-state index contributed by atoms with van der Waals surface area (Å²) in [6.07, 6.45) is 6.85. The molecule has 0 saturated carbocycles. The Labute approximate surface area is 175 Å². The SMILES string of the molecule is CCCCC(=O)Nc1ccc(N2CCC(C)CC2)c(C(=O)N2CCC(C)CC2)c1. The van der Waals surface area contributed by atoms with Gasteiger partial charge < -0.3 is 15.1 Å². The van der Waals surface area contributed by atoms with Crippen molar-refractivity contribution in [3.63, 3.8) is 0 Å². The molecule has 5 heteroatoms. The van der Waals surface area contributed by atoms with Gasteiger partial charge >= 0.3 is 0 Å². The second-order valence-electron chi connectivity index (χ2n) is 9.03. The molecule has 0 aliphatic carbocycles. The number of rotatable bonds is 6. The van der Waals surface area contributed by atoms with Crippen molar-refractivity contribution in [3.8, 4) is 0 Å². The highest BCUT2D eigenvalue weighted by Gasteiger charge is 2.26. The number of piperidine rings is 2. The Morgan fingerprint density at radius 1 is 1.00 bits per heavy atom. The first-order chi connectivity index (χ1) is 14.0. The zero-order valence-electron chi connectivity index (χ0n) is 18.4. The lowest BCUT2D eigenvalue weighted by Gasteiger charge is -2.35. The first-order valence-corrected chi connectivity index (χ1v) is 11.5. The average Bonchev–Trinajstić information content (AvgIpc) is 2.73. The molecule has 160 valence electrons. The van der Waals surface area contributed by atoms with Gasteiger partial charge in [-0.1, -0.05) is 27.2 Å². The van der Waals surface area contributed by atoms with E-state index < -0.39 is 0 Å². The second-order valence-corrected chi connectivity index (χ2v) is 9.03. The molecule has 0 atom stereocenters. The lowest BCUT2D eigenvalue weighted by Crippen LogP contribution is -2.40. The quantitative estimate of drug-likeness (QED) is 0.738. The number of carbonyl (C=O) groups is 2. The summed E-state index contributed by atoms with van der Waals surface area (Å²) < 4.78 is 0. The maximum Gasteiger partial charge on any atom is 0.256 e. The number of anilines is 2. The fourth-order valence-electron chi connectivity index (χ4n) is 4.25. The predicted octanol–water partition coefficient (Wildman–Crippen LogP) is 4.92. The van der Waals surface area contributed by atoms with Crippen LogP contribution in [-0.2, 0) is 4.79 Å². The fourth-order valence-corrected chi connectivity index (χ4v) is 4.25. The van der Waals surface area contributed by atoms with Crippen LogP contribution < -0.4 is 10.2 Å². The van der Waals surface area contributed by atoms with Crippen LogP contribution in [0.3, 0.4) is 0 Å². The van der Waals surface area contributed by atoms with Gasteiger partial charge in [0.25, 0.3) is 5.91 Å². The van der Waals surface area contributed by atoms with Crippen molar-refractivity contribution in [2.24, 2.45) is 11.8 Å². The Balaban J connectivity index is 1.83. The maximum absolute atomic E-state index is 13.4. The van der Waals surface area contributed by atoms with Crippen LogP contribution in [0.1, 0.15) is 76.1 Å². The van der Waals surface area contributed by atoms with E-state index in [1.54, 1.807) is 0 Å². The van der Waals surface area contributed by atoms with Gasteiger partial charge in [-0.05, 0) is 62.1 Å². The zero-order valence-corrected chi connectivity index (χ0v) is 18.4. The van der Waals surface area contributed by atoms with Crippen molar-refractivity contribution < 1.29 is 9.59 Å². The molecule has 0 spiro atoms. The molecule has 2 saturated heterocycles. The van der Waals surface area contributed by atoms with Gasteiger partial charge in [0.2, 0.25) is 5.91 Å². The number of unbranched alkanes of at least 4 members (excludes halogenated alkanes) is 1. The molecule has 0 radical (unpaired) electrons. The van der Waals surface area contributed by atoms with Crippen LogP contribution in [0.5, 0.6) is 0 Å². The van der Waals surface area contributed by atoms with E-state index in [1.807, 2.05) is 23.1 Å².